The first-order valence-corrected chi connectivity index (χ1v) is 9.07. The lowest BCUT2D eigenvalue weighted by atomic mass is 10.1. The van der Waals surface area contributed by atoms with Crippen molar-refractivity contribution < 1.29 is 27.9 Å². The monoisotopic (exact) mass is 404 g/mol. The molecule has 0 bridgehead atoms. The van der Waals surface area contributed by atoms with E-state index >= 15 is 0 Å². The van der Waals surface area contributed by atoms with Crippen molar-refractivity contribution >= 4 is 23.5 Å². The van der Waals surface area contributed by atoms with E-state index in [-0.39, 0.29) is 18.6 Å². The smallest absolute Gasteiger partial charge is 0.328 e. The van der Waals surface area contributed by atoms with Crippen LogP contribution in [0.1, 0.15) is 19.4 Å². The van der Waals surface area contributed by atoms with E-state index in [1.165, 1.54) is 11.8 Å². The van der Waals surface area contributed by atoms with E-state index in [1.807, 2.05) is 0 Å². The van der Waals surface area contributed by atoms with Crippen LogP contribution in [0.3, 0.4) is 0 Å². The number of rotatable bonds is 8. The van der Waals surface area contributed by atoms with E-state index in [1.54, 1.807) is 37.3 Å². The highest BCUT2D eigenvalue weighted by molar-refractivity contribution is 6.01. The Labute approximate surface area is 167 Å². The molecule has 2 aromatic rings. The summed E-state index contributed by atoms with van der Waals surface area (Å²) in [4.78, 5) is 38.2. The number of hydrogen-bond acceptors (Lipinski definition) is 4. The zero-order valence-electron chi connectivity index (χ0n) is 16.2. The molecule has 0 spiro atoms. The Kier molecular flexibility index (Phi) is 7.82. The standard InChI is InChI=1S/C21H22F2N2O4/c1-3-29-21(28)14(2)25(18-7-5-4-6-8-18)20(27)13-24-19(26)11-15-9-16(22)12-17(23)10-15/h4-10,12,14H,3,11,13H2,1-2H3,(H,24,26)/t14-/m0/s1. The molecule has 1 atom stereocenters. The highest BCUT2D eigenvalue weighted by Crippen LogP contribution is 2.17. The van der Waals surface area contributed by atoms with Gasteiger partial charge >= 0.3 is 5.97 Å². The number of ether oxygens (including phenoxy) is 1. The number of benzene rings is 2. The van der Waals surface area contributed by atoms with Gasteiger partial charge in [0.05, 0.1) is 19.6 Å². The van der Waals surface area contributed by atoms with Crippen LogP contribution in [-0.2, 0) is 25.5 Å². The van der Waals surface area contributed by atoms with Crippen molar-refractivity contribution in [1.29, 1.82) is 0 Å². The molecule has 0 heterocycles. The van der Waals surface area contributed by atoms with Gasteiger partial charge < -0.3 is 10.1 Å². The Balaban J connectivity index is 2.07. The number of hydrogen-bond donors (Lipinski definition) is 1. The number of nitrogens with one attached hydrogen (secondary N) is 1. The number of carbonyl (C=O) groups excluding carboxylic acids is 3. The Morgan fingerprint density at radius 2 is 1.69 bits per heavy atom. The molecule has 6 nitrogen and oxygen atoms in total. The normalized spacial score (nSPS) is 11.4. The summed E-state index contributed by atoms with van der Waals surface area (Å²) < 4.78 is 31.5. The van der Waals surface area contributed by atoms with E-state index in [9.17, 15) is 23.2 Å². The molecule has 2 rings (SSSR count). The fourth-order valence-corrected chi connectivity index (χ4v) is 2.76. The molecule has 154 valence electrons. The Bertz CT molecular complexity index is 854. The van der Waals surface area contributed by atoms with Gasteiger partial charge in [-0.15, -0.1) is 0 Å². The molecule has 0 saturated carbocycles. The lowest BCUT2D eigenvalue weighted by Gasteiger charge is -2.28. The molecule has 8 heteroatoms. The molecule has 0 unspecified atom stereocenters. The highest BCUT2D eigenvalue weighted by atomic mass is 19.1. The van der Waals surface area contributed by atoms with Crippen LogP contribution < -0.4 is 10.2 Å². The molecule has 0 aliphatic carbocycles. The Morgan fingerprint density at radius 1 is 1.07 bits per heavy atom. The number of para-hydroxylation sites is 1. The molecule has 2 aromatic carbocycles. The molecule has 0 fully saturated rings. The summed E-state index contributed by atoms with van der Waals surface area (Å²) in [6.07, 6.45) is -0.291. The van der Waals surface area contributed by atoms with Gasteiger partial charge in [0.15, 0.2) is 0 Å². The molecule has 0 aliphatic heterocycles. The fraction of sp³-hybridized carbons (Fsp3) is 0.286. The van der Waals surface area contributed by atoms with Crippen molar-refractivity contribution in [3.8, 4) is 0 Å². The molecule has 0 radical (unpaired) electrons. The molecule has 2 amide bonds. The van der Waals surface area contributed by atoms with Gasteiger partial charge in [0.1, 0.15) is 17.7 Å². The molecular weight excluding hydrogens is 382 g/mol. The van der Waals surface area contributed by atoms with Crippen LogP contribution in [0.2, 0.25) is 0 Å². The maximum absolute atomic E-state index is 13.2. The summed E-state index contributed by atoms with van der Waals surface area (Å²) in [5, 5.41) is 2.42. The van der Waals surface area contributed by atoms with Crippen LogP contribution in [-0.4, -0.2) is 37.0 Å². The first-order valence-electron chi connectivity index (χ1n) is 9.07. The first kappa shape index (κ1) is 22.0. The van der Waals surface area contributed by atoms with Crippen LogP contribution in [0.25, 0.3) is 0 Å². The van der Waals surface area contributed by atoms with Crippen LogP contribution in [0.15, 0.2) is 48.5 Å². The number of anilines is 1. The third-order valence-corrected chi connectivity index (χ3v) is 4.04. The first-order chi connectivity index (χ1) is 13.8. The van der Waals surface area contributed by atoms with Crippen molar-refractivity contribution in [1.82, 2.24) is 5.32 Å². The molecular formula is C21H22F2N2O4. The zero-order valence-corrected chi connectivity index (χ0v) is 16.2. The number of halogens is 2. The molecule has 1 N–H and O–H groups in total. The van der Waals surface area contributed by atoms with Crippen molar-refractivity contribution in [2.24, 2.45) is 0 Å². The van der Waals surface area contributed by atoms with Gasteiger partial charge in [0.2, 0.25) is 11.8 Å². The van der Waals surface area contributed by atoms with Crippen LogP contribution in [0.5, 0.6) is 0 Å². The molecule has 0 aliphatic rings. The van der Waals surface area contributed by atoms with E-state index in [4.69, 9.17) is 4.74 Å². The summed E-state index contributed by atoms with van der Waals surface area (Å²) in [5.41, 5.74) is 0.617. The van der Waals surface area contributed by atoms with Gasteiger partial charge in [-0.05, 0) is 43.7 Å². The predicted molar refractivity (Wildman–Crippen MR) is 103 cm³/mol. The quantitative estimate of drug-likeness (QED) is 0.687. The predicted octanol–water partition coefficient (Wildman–Crippen LogP) is 2.61. The average molecular weight is 404 g/mol. The Hall–Kier alpha value is -3.29. The molecule has 0 aromatic heterocycles. The largest absolute Gasteiger partial charge is 0.464 e. The second kappa shape index (κ2) is 10.3. The van der Waals surface area contributed by atoms with E-state index < -0.39 is 42.0 Å². The highest BCUT2D eigenvalue weighted by Gasteiger charge is 2.28. The van der Waals surface area contributed by atoms with Crippen molar-refractivity contribution in [3.63, 3.8) is 0 Å². The van der Waals surface area contributed by atoms with Gasteiger partial charge in [-0.2, -0.15) is 0 Å². The minimum absolute atomic E-state index is 0.146. The van der Waals surface area contributed by atoms with Gasteiger partial charge in [0, 0.05) is 11.8 Å². The summed E-state index contributed by atoms with van der Waals surface area (Å²) in [6, 6.07) is 10.4. The van der Waals surface area contributed by atoms with Crippen molar-refractivity contribution in [2.45, 2.75) is 26.3 Å². The van der Waals surface area contributed by atoms with Gasteiger partial charge in [-0.1, -0.05) is 18.2 Å². The van der Waals surface area contributed by atoms with Gasteiger partial charge in [-0.3, -0.25) is 14.5 Å². The molecule has 0 saturated heterocycles. The Morgan fingerprint density at radius 3 is 2.28 bits per heavy atom. The fourth-order valence-electron chi connectivity index (χ4n) is 2.76. The summed E-state index contributed by atoms with van der Waals surface area (Å²) in [6.45, 7) is 2.96. The second-order valence-corrected chi connectivity index (χ2v) is 6.26. The second-order valence-electron chi connectivity index (χ2n) is 6.26. The SMILES string of the molecule is CCOC(=O)[C@H](C)N(C(=O)CNC(=O)Cc1cc(F)cc(F)c1)c1ccccc1. The summed E-state index contributed by atoms with van der Waals surface area (Å²) in [7, 11) is 0. The van der Waals surface area contributed by atoms with Gasteiger partial charge in [-0.25, -0.2) is 13.6 Å². The topological polar surface area (TPSA) is 75.7 Å². The van der Waals surface area contributed by atoms with E-state index in [2.05, 4.69) is 5.32 Å². The van der Waals surface area contributed by atoms with Gasteiger partial charge in [0.25, 0.3) is 0 Å². The minimum atomic E-state index is -0.904. The number of nitrogens with zero attached hydrogens (tertiary/aromatic N) is 1. The van der Waals surface area contributed by atoms with Crippen molar-refractivity contribution in [3.05, 3.63) is 65.7 Å². The number of carbonyl (C=O) groups is 3. The number of amides is 2. The number of esters is 1. The summed E-state index contributed by atoms with van der Waals surface area (Å²) in [5.74, 6) is -3.27. The third-order valence-electron chi connectivity index (χ3n) is 4.04. The molecule has 29 heavy (non-hydrogen) atoms. The van der Waals surface area contributed by atoms with Crippen LogP contribution in [0.4, 0.5) is 14.5 Å². The lowest BCUT2D eigenvalue weighted by Crippen LogP contribution is -2.48. The summed E-state index contributed by atoms with van der Waals surface area (Å²) >= 11 is 0. The van der Waals surface area contributed by atoms with Crippen molar-refractivity contribution in [2.75, 3.05) is 18.1 Å². The van der Waals surface area contributed by atoms with E-state index in [0.717, 1.165) is 12.1 Å². The third kappa shape index (κ3) is 6.38. The maximum Gasteiger partial charge on any atom is 0.328 e. The minimum Gasteiger partial charge on any atom is -0.464 e. The maximum atomic E-state index is 13.2. The van der Waals surface area contributed by atoms with E-state index in [0.29, 0.717) is 11.8 Å². The zero-order chi connectivity index (χ0) is 21.4. The van der Waals surface area contributed by atoms with Crippen LogP contribution in [0, 0.1) is 11.6 Å². The average Bonchev–Trinajstić information content (AvgIpc) is 2.66. The van der Waals surface area contributed by atoms with Crippen LogP contribution >= 0.6 is 0 Å². The lowest BCUT2D eigenvalue weighted by molar-refractivity contribution is -0.145.